The largest absolute Gasteiger partial charge is 0.481 e. The van der Waals surface area contributed by atoms with Gasteiger partial charge < -0.3 is 10.1 Å². The smallest absolute Gasteiger partial charge is 0.261 e. The van der Waals surface area contributed by atoms with Crippen molar-refractivity contribution in [3.63, 3.8) is 0 Å². The number of ether oxygens (including phenoxy) is 1. The number of hydrogen-bond donors (Lipinski definition) is 1. The molecular formula is C21H27NO2. The molecule has 0 bridgehead atoms. The molecule has 0 aromatic heterocycles. The summed E-state index contributed by atoms with van der Waals surface area (Å²) in [7, 11) is 0. The number of hydrogen-bond acceptors (Lipinski definition) is 2. The molecule has 3 nitrogen and oxygen atoms in total. The van der Waals surface area contributed by atoms with Crippen LogP contribution in [0.25, 0.3) is 0 Å². The normalized spacial score (nSPS) is 13.2. The van der Waals surface area contributed by atoms with E-state index in [0.717, 1.165) is 28.9 Å². The molecule has 1 amide bonds. The highest BCUT2D eigenvalue weighted by Gasteiger charge is 2.20. The van der Waals surface area contributed by atoms with E-state index < -0.39 is 6.10 Å². The number of carbonyl (C=O) groups excluding carboxylic acids is 1. The molecule has 0 aliphatic rings. The maximum Gasteiger partial charge on any atom is 0.261 e. The molecule has 0 fully saturated rings. The molecule has 3 heteroatoms. The van der Waals surface area contributed by atoms with Gasteiger partial charge in [-0.05, 0) is 62.4 Å². The van der Waals surface area contributed by atoms with E-state index in [2.05, 4.69) is 25.2 Å². The Kier molecular flexibility index (Phi) is 6.02. The predicted octanol–water partition coefficient (Wildman–Crippen LogP) is 4.65. The Morgan fingerprint density at radius 1 is 1.12 bits per heavy atom. The third-order valence-corrected chi connectivity index (χ3v) is 4.36. The SMILES string of the molecule is CC[C@@H](NC(=O)[C@H](C)Oc1cc(C)cc(C)c1C)c1ccccc1. The summed E-state index contributed by atoms with van der Waals surface area (Å²) in [5, 5.41) is 3.09. The summed E-state index contributed by atoms with van der Waals surface area (Å²) in [6, 6.07) is 14.1. The number of nitrogens with one attached hydrogen (secondary N) is 1. The van der Waals surface area contributed by atoms with Crippen LogP contribution in [0.15, 0.2) is 42.5 Å². The molecule has 0 heterocycles. The second-order valence-corrected chi connectivity index (χ2v) is 6.35. The van der Waals surface area contributed by atoms with Crippen LogP contribution in [0.1, 0.15) is 48.6 Å². The predicted molar refractivity (Wildman–Crippen MR) is 98.4 cm³/mol. The monoisotopic (exact) mass is 325 g/mol. The van der Waals surface area contributed by atoms with Crippen LogP contribution >= 0.6 is 0 Å². The molecule has 0 unspecified atom stereocenters. The lowest BCUT2D eigenvalue weighted by Gasteiger charge is -2.22. The highest BCUT2D eigenvalue weighted by atomic mass is 16.5. The average molecular weight is 325 g/mol. The first-order chi connectivity index (χ1) is 11.4. The van der Waals surface area contributed by atoms with Gasteiger partial charge in [0.1, 0.15) is 5.75 Å². The van der Waals surface area contributed by atoms with Gasteiger partial charge in [-0.3, -0.25) is 4.79 Å². The van der Waals surface area contributed by atoms with Gasteiger partial charge >= 0.3 is 0 Å². The van der Waals surface area contributed by atoms with Crippen LogP contribution in [0.5, 0.6) is 5.75 Å². The molecule has 0 radical (unpaired) electrons. The van der Waals surface area contributed by atoms with E-state index in [1.807, 2.05) is 50.2 Å². The van der Waals surface area contributed by atoms with E-state index in [-0.39, 0.29) is 11.9 Å². The molecule has 2 aromatic carbocycles. The molecule has 0 spiro atoms. The van der Waals surface area contributed by atoms with Crippen LogP contribution in [-0.4, -0.2) is 12.0 Å². The molecule has 1 N–H and O–H groups in total. The van der Waals surface area contributed by atoms with Gasteiger partial charge in [-0.15, -0.1) is 0 Å². The zero-order chi connectivity index (χ0) is 17.7. The van der Waals surface area contributed by atoms with E-state index in [1.54, 1.807) is 6.92 Å². The Hall–Kier alpha value is -2.29. The summed E-state index contributed by atoms with van der Waals surface area (Å²) in [6.45, 7) is 9.98. The summed E-state index contributed by atoms with van der Waals surface area (Å²) in [5.41, 5.74) is 4.50. The third kappa shape index (κ3) is 4.38. The van der Waals surface area contributed by atoms with Crippen molar-refractivity contribution in [1.29, 1.82) is 0 Å². The molecule has 2 aromatic rings. The highest BCUT2D eigenvalue weighted by Crippen LogP contribution is 2.24. The average Bonchev–Trinajstić information content (AvgIpc) is 2.57. The van der Waals surface area contributed by atoms with Crippen LogP contribution < -0.4 is 10.1 Å². The van der Waals surface area contributed by atoms with Gasteiger partial charge in [-0.1, -0.05) is 43.3 Å². The molecule has 2 rings (SSSR count). The Morgan fingerprint density at radius 3 is 2.42 bits per heavy atom. The summed E-state index contributed by atoms with van der Waals surface area (Å²) in [6.07, 6.45) is 0.299. The van der Waals surface area contributed by atoms with E-state index in [1.165, 1.54) is 5.56 Å². The molecule has 0 aliphatic heterocycles. The van der Waals surface area contributed by atoms with Crippen LogP contribution in [0, 0.1) is 20.8 Å². The lowest BCUT2D eigenvalue weighted by atomic mass is 10.0. The first kappa shape index (κ1) is 18.1. The minimum absolute atomic E-state index is 0.00472. The number of aryl methyl sites for hydroxylation is 2. The fourth-order valence-electron chi connectivity index (χ4n) is 2.76. The number of benzene rings is 2. The first-order valence-corrected chi connectivity index (χ1v) is 8.52. The number of rotatable bonds is 6. The van der Waals surface area contributed by atoms with Gasteiger partial charge in [0, 0.05) is 0 Å². The van der Waals surface area contributed by atoms with Gasteiger partial charge in [0.05, 0.1) is 6.04 Å². The molecule has 0 saturated carbocycles. The lowest BCUT2D eigenvalue weighted by Crippen LogP contribution is -2.38. The number of carbonyl (C=O) groups is 1. The molecule has 2 atom stereocenters. The van der Waals surface area contributed by atoms with Crippen LogP contribution in [0.3, 0.4) is 0 Å². The fourth-order valence-corrected chi connectivity index (χ4v) is 2.76. The molecule has 24 heavy (non-hydrogen) atoms. The zero-order valence-corrected chi connectivity index (χ0v) is 15.2. The Labute approximate surface area is 145 Å². The van der Waals surface area contributed by atoms with Gasteiger partial charge in [-0.2, -0.15) is 0 Å². The molecule has 0 aliphatic carbocycles. The van der Waals surface area contributed by atoms with E-state index in [4.69, 9.17) is 4.74 Å². The van der Waals surface area contributed by atoms with Crippen molar-refractivity contribution in [2.75, 3.05) is 0 Å². The second kappa shape index (κ2) is 8.00. The lowest BCUT2D eigenvalue weighted by molar-refractivity contribution is -0.128. The summed E-state index contributed by atoms with van der Waals surface area (Å²) >= 11 is 0. The van der Waals surface area contributed by atoms with E-state index in [0.29, 0.717) is 0 Å². The third-order valence-electron chi connectivity index (χ3n) is 4.36. The van der Waals surface area contributed by atoms with Crippen LogP contribution in [0.2, 0.25) is 0 Å². The van der Waals surface area contributed by atoms with Crippen molar-refractivity contribution in [1.82, 2.24) is 5.32 Å². The summed E-state index contributed by atoms with van der Waals surface area (Å²) in [5.74, 6) is 0.687. The fraction of sp³-hybridized carbons (Fsp3) is 0.381. The van der Waals surface area contributed by atoms with Crippen molar-refractivity contribution in [2.24, 2.45) is 0 Å². The second-order valence-electron chi connectivity index (χ2n) is 6.35. The maximum absolute atomic E-state index is 12.5. The van der Waals surface area contributed by atoms with Gasteiger partial charge in [-0.25, -0.2) is 0 Å². The molecular weight excluding hydrogens is 298 g/mol. The standard InChI is InChI=1S/C21H27NO2/c1-6-19(18-10-8-7-9-11-18)22-21(23)17(5)24-20-13-14(2)12-15(3)16(20)4/h7-13,17,19H,6H2,1-5H3,(H,22,23)/t17-,19+/m0/s1. The van der Waals surface area contributed by atoms with Crippen LogP contribution in [-0.2, 0) is 4.79 Å². The van der Waals surface area contributed by atoms with Crippen molar-refractivity contribution in [3.8, 4) is 5.75 Å². The highest BCUT2D eigenvalue weighted by molar-refractivity contribution is 5.81. The summed E-state index contributed by atoms with van der Waals surface area (Å²) in [4.78, 5) is 12.5. The van der Waals surface area contributed by atoms with Gasteiger partial charge in [0.2, 0.25) is 0 Å². The van der Waals surface area contributed by atoms with Gasteiger partial charge in [0.25, 0.3) is 5.91 Å². The molecule has 0 saturated heterocycles. The minimum atomic E-state index is -0.539. The van der Waals surface area contributed by atoms with E-state index in [9.17, 15) is 4.79 Å². The van der Waals surface area contributed by atoms with Crippen molar-refractivity contribution in [2.45, 2.75) is 53.2 Å². The Morgan fingerprint density at radius 2 is 1.79 bits per heavy atom. The summed E-state index contributed by atoms with van der Waals surface area (Å²) < 4.78 is 5.94. The topological polar surface area (TPSA) is 38.3 Å². The zero-order valence-electron chi connectivity index (χ0n) is 15.2. The van der Waals surface area contributed by atoms with E-state index >= 15 is 0 Å². The van der Waals surface area contributed by atoms with Crippen molar-refractivity contribution in [3.05, 3.63) is 64.7 Å². The van der Waals surface area contributed by atoms with Gasteiger partial charge in [0.15, 0.2) is 6.10 Å². The minimum Gasteiger partial charge on any atom is -0.481 e. The van der Waals surface area contributed by atoms with Crippen molar-refractivity contribution >= 4 is 5.91 Å². The Balaban J connectivity index is 2.07. The van der Waals surface area contributed by atoms with Crippen molar-refractivity contribution < 1.29 is 9.53 Å². The molecule has 128 valence electrons. The number of amides is 1. The quantitative estimate of drug-likeness (QED) is 0.840. The van der Waals surface area contributed by atoms with Crippen LogP contribution in [0.4, 0.5) is 0 Å². The maximum atomic E-state index is 12.5. The Bertz CT molecular complexity index is 694. The first-order valence-electron chi connectivity index (χ1n) is 8.52.